The van der Waals surface area contributed by atoms with Gasteiger partial charge in [-0.25, -0.2) is 16.8 Å². The summed E-state index contributed by atoms with van der Waals surface area (Å²) in [7, 11) is -5.74. The van der Waals surface area contributed by atoms with E-state index in [9.17, 15) is 16.8 Å². The topological polar surface area (TPSA) is 102 Å². The molecule has 11 heteroatoms. The normalized spacial score (nSPS) is 19.2. The van der Waals surface area contributed by atoms with E-state index in [-0.39, 0.29) is 36.0 Å². The van der Waals surface area contributed by atoms with Crippen molar-refractivity contribution in [3.8, 4) is 5.75 Å². The van der Waals surface area contributed by atoms with Crippen molar-refractivity contribution in [2.45, 2.75) is 22.6 Å². The highest BCUT2D eigenvalue weighted by molar-refractivity contribution is 7.89. The summed E-state index contributed by atoms with van der Waals surface area (Å²) in [6.45, 7) is 1.31. The summed E-state index contributed by atoms with van der Waals surface area (Å²) in [4.78, 5) is 0.338. The number of benzene rings is 1. The Morgan fingerprint density at radius 2 is 1.64 bits per heavy atom. The molecule has 1 saturated heterocycles. The maximum absolute atomic E-state index is 13.1. The summed E-state index contributed by atoms with van der Waals surface area (Å²) in [6, 6.07) is 4.90. The van der Waals surface area contributed by atoms with Crippen molar-refractivity contribution in [3.63, 3.8) is 0 Å². The molecule has 0 aliphatic carbocycles. The van der Waals surface area contributed by atoms with Gasteiger partial charge >= 0.3 is 0 Å². The van der Waals surface area contributed by atoms with Crippen LogP contribution >= 0.6 is 0 Å². The van der Waals surface area contributed by atoms with Gasteiger partial charge in [0.2, 0.25) is 20.0 Å². The lowest BCUT2D eigenvalue weighted by atomic mass is 10.2. The zero-order chi connectivity index (χ0) is 19.9. The molecule has 2 aliphatic rings. The fourth-order valence-corrected chi connectivity index (χ4v) is 6.48. The molecule has 9 nitrogen and oxygen atoms in total. The highest BCUT2D eigenvalue weighted by Gasteiger charge is 2.32. The molecule has 0 unspecified atom stereocenters. The van der Waals surface area contributed by atoms with Crippen LogP contribution in [0.15, 0.2) is 40.4 Å². The van der Waals surface area contributed by atoms with Gasteiger partial charge in [-0.05, 0) is 30.2 Å². The van der Waals surface area contributed by atoms with Crippen molar-refractivity contribution in [2.24, 2.45) is 7.05 Å². The lowest BCUT2D eigenvalue weighted by molar-refractivity contribution is 0.356. The van der Waals surface area contributed by atoms with Crippen molar-refractivity contribution in [1.82, 2.24) is 18.4 Å². The minimum atomic E-state index is -3.70. The maximum atomic E-state index is 13.1. The van der Waals surface area contributed by atoms with Gasteiger partial charge in [-0.2, -0.15) is 13.7 Å². The molecule has 28 heavy (non-hydrogen) atoms. The van der Waals surface area contributed by atoms with E-state index in [1.807, 2.05) is 0 Å². The molecule has 1 fully saturated rings. The summed E-state index contributed by atoms with van der Waals surface area (Å²) in [5.41, 5.74) is 0.886. The van der Waals surface area contributed by atoms with Crippen LogP contribution in [0.4, 0.5) is 0 Å². The molecule has 4 rings (SSSR count). The SMILES string of the molecule is Cn1cc(S(=O)(=O)N2CCCN(S(=O)(=O)c3ccc4c(c3)CCO4)CC2)cn1. The first-order chi connectivity index (χ1) is 13.3. The monoisotopic (exact) mass is 426 g/mol. The Balaban J connectivity index is 1.54. The van der Waals surface area contributed by atoms with Gasteiger partial charge in [-0.15, -0.1) is 0 Å². The highest BCUT2D eigenvalue weighted by Crippen LogP contribution is 2.29. The van der Waals surface area contributed by atoms with Crippen LogP contribution in [-0.4, -0.2) is 68.0 Å². The van der Waals surface area contributed by atoms with Gasteiger partial charge in [0.15, 0.2) is 0 Å². The Bertz CT molecular complexity index is 1090. The first-order valence-corrected chi connectivity index (χ1v) is 11.9. The van der Waals surface area contributed by atoms with Crippen LogP contribution in [0, 0.1) is 0 Å². The zero-order valence-electron chi connectivity index (χ0n) is 15.5. The van der Waals surface area contributed by atoms with Crippen LogP contribution in [0.2, 0.25) is 0 Å². The van der Waals surface area contributed by atoms with Crippen LogP contribution in [0.25, 0.3) is 0 Å². The van der Waals surface area contributed by atoms with Crippen molar-refractivity contribution >= 4 is 20.0 Å². The molecule has 0 N–H and O–H groups in total. The Hall–Kier alpha value is -1.95. The van der Waals surface area contributed by atoms with Crippen molar-refractivity contribution < 1.29 is 21.6 Å². The molecular weight excluding hydrogens is 404 g/mol. The molecule has 0 atom stereocenters. The molecule has 0 spiro atoms. The quantitative estimate of drug-likeness (QED) is 0.703. The Labute approximate surface area is 164 Å². The van der Waals surface area contributed by atoms with E-state index in [1.54, 1.807) is 25.2 Å². The second kappa shape index (κ2) is 7.14. The van der Waals surface area contributed by atoms with E-state index in [0.29, 0.717) is 19.4 Å². The van der Waals surface area contributed by atoms with Crippen molar-refractivity contribution in [2.75, 3.05) is 32.8 Å². The molecule has 3 heterocycles. The van der Waals surface area contributed by atoms with Gasteiger partial charge in [0.05, 0.1) is 17.7 Å². The molecule has 0 radical (unpaired) electrons. The average Bonchev–Trinajstić information content (AvgIpc) is 3.22. The van der Waals surface area contributed by atoms with E-state index in [2.05, 4.69) is 5.10 Å². The minimum Gasteiger partial charge on any atom is -0.493 e. The number of sulfonamides is 2. The average molecular weight is 427 g/mol. The number of aryl methyl sites for hydroxylation is 1. The number of ether oxygens (including phenoxy) is 1. The van der Waals surface area contributed by atoms with Crippen LogP contribution in [0.5, 0.6) is 5.75 Å². The molecule has 1 aromatic carbocycles. The predicted molar refractivity (Wildman–Crippen MR) is 101 cm³/mol. The third-order valence-corrected chi connectivity index (χ3v) is 8.78. The lowest BCUT2D eigenvalue weighted by Gasteiger charge is -2.21. The van der Waals surface area contributed by atoms with Crippen LogP contribution < -0.4 is 4.74 Å². The molecule has 0 bridgehead atoms. The third kappa shape index (κ3) is 3.43. The smallest absolute Gasteiger partial charge is 0.246 e. The Kier molecular flexibility index (Phi) is 4.94. The van der Waals surface area contributed by atoms with Gasteiger partial charge < -0.3 is 4.74 Å². The van der Waals surface area contributed by atoms with Crippen molar-refractivity contribution in [3.05, 3.63) is 36.2 Å². The van der Waals surface area contributed by atoms with E-state index in [1.165, 1.54) is 25.7 Å². The van der Waals surface area contributed by atoms with Crippen molar-refractivity contribution in [1.29, 1.82) is 0 Å². The van der Waals surface area contributed by atoms with Gasteiger partial charge in [-0.1, -0.05) is 0 Å². The molecule has 0 amide bonds. The Morgan fingerprint density at radius 1 is 0.964 bits per heavy atom. The predicted octanol–water partition coefficient (Wildman–Crippen LogP) is 0.440. The van der Waals surface area contributed by atoms with Crippen LogP contribution in [-0.2, 0) is 33.5 Å². The van der Waals surface area contributed by atoms with E-state index >= 15 is 0 Å². The number of hydrogen-bond donors (Lipinski definition) is 0. The Morgan fingerprint density at radius 3 is 2.29 bits per heavy atom. The van der Waals surface area contributed by atoms with Gasteiger partial charge in [-0.3, -0.25) is 4.68 Å². The largest absolute Gasteiger partial charge is 0.493 e. The fraction of sp³-hybridized carbons (Fsp3) is 0.471. The van der Waals surface area contributed by atoms with Gasteiger partial charge in [0.1, 0.15) is 10.6 Å². The summed E-state index contributed by atoms with van der Waals surface area (Å²) < 4.78 is 61.3. The van der Waals surface area contributed by atoms with E-state index in [0.717, 1.165) is 11.3 Å². The summed E-state index contributed by atoms with van der Waals surface area (Å²) in [6.07, 6.45) is 3.87. The number of hydrogen-bond acceptors (Lipinski definition) is 6. The third-order valence-electron chi connectivity index (χ3n) is 5.03. The number of nitrogens with zero attached hydrogens (tertiary/aromatic N) is 4. The second-order valence-corrected chi connectivity index (χ2v) is 10.8. The standard InChI is InChI=1S/C17H22N4O5S2/c1-19-13-16(12-18-19)28(24,25)21-7-2-6-20(8-9-21)27(22,23)15-3-4-17-14(11-15)5-10-26-17/h3-4,11-13H,2,5-10H2,1H3. The summed E-state index contributed by atoms with van der Waals surface area (Å²) >= 11 is 0. The number of aromatic nitrogens is 2. The first kappa shape index (κ1) is 19.4. The van der Waals surface area contributed by atoms with Crippen LogP contribution in [0.1, 0.15) is 12.0 Å². The molecule has 2 aromatic rings. The molecule has 1 aromatic heterocycles. The second-order valence-electron chi connectivity index (χ2n) is 6.88. The maximum Gasteiger partial charge on any atom is 0.246 e. The summed E-state index contributed by atoms with van der Waals surface area (Å²) in [5, 5.41) is 3.92. The highest BCUT2D eigenvalue weighted by atomic mass is 32.2. The fourth-order valence-electron chi connectivity index (χ4n) is 3.50. The molecule has 0 saturated carbocycles. The van der Waals surface area contributed by atoms with E-state index in [4.69, 9.17) is 4.74 Å². The van der Waals surface area contributed by atoms with Gasteiger partial charge in [0, 0.05) is 45.8 Å². The zero-order valence-corrected chi connectivity index (χ0v) is 17.1. The lowest BCUT2D eigenvalue weighted by Crippen LogP contribution is -2.37. The first-order valence-electron chi connectivity index (χ1n) is 9.03. The minimum absolute atomic E-state index is 0.102. The summed E-state index contributed by atoms with van der Waals surface area (Å²) in [5.74, 6) is 0.726. The van der Waals surface area contributed by atoms with E-state index < -0.39 is 20.0 Å². The number of fused-ring (bicyclic) bond motifs is 1. The molecule has 152 valence electrons. The van der Waals surface area contributed by atoms with Crippen LogP contribution in [0.3, 0.4) is 0 Å². The van der Waals surface area contributed by atoms with Gasteiger partial charge in [0.25, 0.3) is 0 Å². The molecular formula is C17H22N4O5S2. The number of rotatable bonds is 4. The molecule has 2 aliphatic heterocycles.